The highest BCUT2D eigenvalue weighted by Gasteiger charge is 2.07. The van der Waals surface area contributed by atoms with Crippen LogP contribution in [-0.2, 0) is 17.6 Å². The van der Waals surface area contributed by atoms with Crippen LogP contribution in [0.5, 0.6) is 0 Å². The Kier molecular flexibility index (Phi) is 4.06. The van der Waals surface area contributed by atoms with Crippen LogP contribution < -0.4 is 0 Å². The van der Waals surface area contributed by atoms with Crippen LogP contribution in [0.2, 0.25) is 0 Å². The molecule has 3 aromatic rings. The molecule has 0 saturated carbocycles. The molecule has 2 nitrogen and oxygen atoms in total. The molecule has 0 spiro atoms. The Bertz CT molecular complexity index is 744. The number of pyridine rings is 1. The normalized spacial score (nSPS) is 10.7. The van der Waals surface area contributed by atoms with Crippen LogP contribution in [0, 0.1) is 0 Å². The van der Waals surface area contributed by atoms with Crippen LogP contribution in [0.15, 0.2) is 66.9 Å². The molecule has 0 aliphatic carbocycles. The number of aromatic nitrogens is 1. The van der Waals surface area contributed by atoms with Crippen molar-refractivity contribution in [3.8, 4) is 0 Å². The summed E-state index contributed by atoms with van der Waals surface area (Å²) < 4.78 is 0. The molecule has 0 amide bonds. The van der Waals surface area contributed by atoms with Crippen molar-refractivity contribution in [2.45, 2.75) is 19.3 Å². The van der Waals surface area contributed by atoms with E-state index in [2.05, 4.69) is 23.2 Å². The molecule has 0 aliphatic rings. The minimum Gasteiger partial charge on any atom is -0.299 e. The second-order valence-electron chi connectivity index (χ2n) is 5.17. The number of carbonyl (C=O) groups is 1. The highest BCUT2D eigenvalue weighted by Crippen LogP contribution is 2.19. The Morgan fingerprint density at radius 2 is 1.71 bits per heavy atom. The second kappa shape index (κ2) is 6.31. The van der Waals surface area contributed by atoms with E-state index in [1.807, 2.05) is 42.5 Å². The fourth-order valence-corrected chi connectivity index (χ4v) is 2.56. The Labute approximate surface area is 124 Å². The molecule has 0 fully saturated rings. The number of rotatable bonds is 5. The number of benzene rings is 2. The zero-order chi connectivity index (χ0) is 14.5. The van der Waals surface area contributed by atoms with Crippen molar-refractivity contribution in [3.05, 3.63) is 78.1 Å². The van der Waals surface area contributed by atoms with E-state index < -0.39 is 0 Å². The second-order valence-corrected chi connectivity index (χ2v) is 5.17. The largest absolute Gasteiger partial charge is 0.299 e. The van der Waals surface area contributed by atoms with Gasteiger partial charge in [-0.05, 0) is 34.9 Å². The van der Waals surface area contributed by atoms with E-state index in [9.17, 15) is 4.79 Å². The first-order chi connectivity index (χ1) is 10.3. The van der Waals surface area contributed by atoms with Crippen LogP contribution in [-0.4, -0.2) is 10.8 Å². The van der Waals surface area contributed by atoms with Crippen LogP contribution in [0.3, 0.4) is 0 Å². The molecular formula is C19H17NO. The average molecular weight is 275 g/mol. The Balaban J connectivity index is 1.69. The van der Waals surface area contributed by atoms with E-state index in [0.717, 1.165) is 11.3 Å². The van der Waals surface area contributed by atoms with Gasteiger partial charge in [0.05, 0.1) is 0 Å². The highest BCUT2D eigenvalue weighted by atomic mass is 16.1. The summed E-state index contributed by atoms with van der Waals surface area (Å²) in [4.78, 5) is 16.5. The van der Waals surface area contributed by atoms with E-state index in [1.165, 1.54) is 10.8 Å². The number of aryl methyl sites for hydroxylation is 1. The van der Waals surface area contributed by atoms with Crippen molar-refractivity contribution < 1.29 is 4.79 Å². The van der Waals surface area contributed by atoms with Crippen molar-refractivity contribution in [1.29, 1.82) is 0 Å². The Morgan fingerprint density at radius 1 is 0.905 bits per heavy atom. The van der Waals surface area contributed by atoms with Gasteiger partial charge < -0.3 is 0 Å². The first kappa shape index (κ1) is 13.5. The average Bonchev–Trinajstić information content (AvgIpc) is 2.54. The smallest absolute Gasteiger partial charge is 0.137 e. The van der Waals surface area contributed by atoms with Crippen molar-refractivity contribution in [2.24, 2.45) is 0 Å². The van der Waals surface area contributed by atoms with E-state index in [4.69, 9.17) is 0 Å². The molecule has 21 heavy (non-hydrogen) atoms. The number of fused-ring (bicyclic) bond motifs is 1. The maximum atomic E-state index is 12.2. The molecule has 104 valence electrons. The van der Waals surface area contributed by atoms with Crippen molar-refractivity contribution in [3.63, 3.8) is 0 Å². The highest BCUT2D eigenvalue weighted by molar-refractivity contribution is 5.90. The molecule has 2 heteroatoms. The summed E-state index contributed by atoms with van der Waals surface area (Å²) in [5.74, 6) is 0.261. The summed E-state index contributed by atoms with van der Waals surface area (Å²) in [6, 6.07) is 20.2. The fourth-order valence-electron chi connectivity index (χ4n) is 2.56. The van der Waals surface area contributed by atoms with E-state index in [0.29, 0.717) is 19.3 Å². The summed E-state index contributed by atoms with van der Waals surface area (Å²) in [5, 5.41) is 2.36. The first-order valence-corrected chi connectivity index (χ1v) is 7.21. The van der Waals surface area contributed by atoms with Gasteiger partial charge in [-0.25, -0.2) is 0 Å². The lowest BCUT2D eigenvalue weighted by Crippen LogP contribution is -2.05. The molecule has 1 aromatic heterocycles. The number of hydrogen-bond donors (Lipinski definition) is 0. The molecular weight excluding hydrogens is 258 g/mol. The van der Waals surface area contributed by atoms with E-state index in [-0.39, 0.29) is 5.78 Å². The van der Waals surface area contributed by atoms with Gasteiger partial charge in [-0.3, -0.25) is 9.78 Å². The van der Waals surface area contributed by atoms with Gasteiger partial charge in [0.15, 0.2) is 0 Å². The summed E-state index contributed by atoms with van der Waals surface area (Å²) >= 11 is 0. The quantitative estimate of drug-likeness (QED) is 0.705. The number of Topliss-reactive ketones (excluding diaryl/α,β-unsaturated/α-hetero) is 1. The number of carbonyl (C=O) groups excluding carboxylic acids is 1. The first-order valence-electron chi connectivity index (χ1n) is 7.21. The minimum atomic E-state index is 0.261. The molecule has 0 N–H and O–H groups in total. The van der Waals surface area contributed by atoms with Gasteiger partial charge in [-0.15, -0.1) is 0 Å². The standard InChI is InChI=1S/C19H17NO/c21-18(12-11-17-9-3-4-13-20-17)14-16-8-5-7-15-6-1-2-10-19(15)16/h1-10,13H,11-12,14H2. The van der Waals surface area contributed by atoms with Crippen LogP contribution >= 0.6 is 0 Å². The molecule has 3 rings (SSSR count). The molecule has 0 aliphatic heterocycles. The molecule has 0 radical (unpaired) electrons. The zero-order valence-corrected chi connectivity index (χ0v) is 11.8. The molecule has 0 unspecified atom stereocenters. The van der Waals surface area contributed by atoms with Gasteiger partial charge in [0.1, 0.15) is 5.78 Å². The third-order valence-corrected chi connectivity index (χ3v) is 3.65. The maximum Gasteiger partial charge on any atom is 0.137 e. The fraction of sp³-hybridized carbons (Fsp3) is 0.158. The summed E-state index contributed by atoms with van der Waals surface area (Å²) in [6.07, 6.45) is 3.52. The van der Waals surface area contributed by atoms with Gasteiger partial charge in [0.25, 0.3) is 0 Å². The lowest BCUT2D eigenvalue weighted by molar-refractivity contribution is -0.118. The minimum absolute atomic E-state index is 0.261. The third-order valence-electron chi connectivity index (χ3n) is 3.65. The number of ketones is 1. The van der Waals surface area contributed by atoms with E-state index >= 15 is 0 Å². The van der Waals surface area contributed by atoms with Crippen molar-refractivity contribution in [1.82, 2.24) is 4.98 Å². The SMILES string of the molecule is O=C(CCc1ccccn1)Cc1cccc2ccccc12. The van der Waals surface area contributed by atoms with Crippen molar-refractivity contribution in [2.75, 3.05) is 0 Å². The predicted molar refractivity (Wildman–Crippen MR) is 85.2 cm³/mol. The van der Waals surface area contributed by atoms with Crippen LogP contribution in [0.25, 0.3) is 10.8 Å². The number of hydrogen-bond acceptors (Lipinski definition) is 2. The Hall–Kier alpha value is -2.48. The summed E-state index contributed by atoms with van der Waals surface area (Å²) in [6.45, 7) is 0. The summed E-state index contributed by atoms with van der Waals surface area (Å²) in [5.41, 5.74) is 2.09. The summed E-state index contributed by atoms with van der Waals surface area (Å²) in [7, 11) is 0. The van der Waals surface area contributed by atoms with Gasteiger partial charge in [0, 0.05) is 24.7 Å². The Morgan fingerprint density at radius 3 is 2.57 bits per heavy atom. The van der Waals surface area contributed by atoms with Crippen LogP contribution in [0.1, 0.15) is 17.7 Å². The van der Waals surface area contributed by atoms with Gasteiger partial charge >= 0.3 is 0 Å². The molecule has 2 aromatic carbocycles. The topological polar surface area (TPSA) is 30.0 Å². The molecule has 0 saturated heterocycles. The van der Waals surface area contributed by atoms with Gasteiger partial charge in [-0.2, -0.15) is 0 Å². The third kappa shape index (κ3) is 3.34. The lowest BCUT2D eigenvalue weighted by Gasteiger charge is -2.06. The van der Waals surface area contributed by atoms with Crippen LogP contribution in [0.4, 0.5) is 0 Å². The van der Waals surface area contributed by atoms with E-state index in [1.54, 1.807) is 6.20 Å². The lowest BCUT2D eigenvalue weighted by atomic mass is 9.98. The van der Waals surface area contributed by atoms with Crippen molar-refractivity contribution >= 4 is 16.6 Å². The zero-order valence-electron chi connectivity index (χ0n) is 11.8. The van der Waals surface area contributed by atoms with Gasteiger partial charge in [0.2, 0.25) is 0 Å². The molecule has 1 heterocycles. The maximum absolute atomic E-state index is 12.2. The van der Waals surface area contributed by atoms with Gasteiger partial charge in [-0.1, -0.05) is 48.5 Å². The number of nitrogens with zero attached hydrogens (tertiary/aromatic N) is 1. The monoisotopic (exact) mass is 275 g/mol. The molecule has 0 bridgehead atoms. The predicted octanol–water partition coefficient (Wildman–Crippen LogP) is 3.98. The molecule has 0 atom stereocenters.